The molecule has 1 N–H and O–H groups in total. The first-order chi connectivity index (χ1) is 15.7. The van der Waals surface area contributed by atoms with E-state index in [1.807, 2.05) is 31.2 Å². The summed E-state index contributed by atoms with van der Waals surface area (Å²) in [7, 11) is 5.91. The average Bonchev–Trinajstić information content (AvgIpc) is 3.48. The largest absolute Gasteiger partial charge is 0.733 e. The summed E-state index contributed by atoms with van der Waals surface area (Å²) in [4.78, 5) is 19.2. The van der Waals surface area contributed by atoms with Crippen molar-refractivity contribution in [3.63, 3.8) is 0 Å². The molecule has 2 heterocycles. The van der Waals surface area contributed by atoms with Gasteiger partial charge in [-0.25, -0.2) is 0 Å². The smallest absolute Gasteiger partial charge is 0.293 e. The Labute approximate surface area is 193 Å². The van der Waals surface area contributed by atoms with Crippen LogP contribution in [0.3, 0.4) is 0 Å². The van der Waals surface area contributed by atoms with Crippen molar-refractivity contribution in [1.29, 1.82) is 0 Å². The van der Waals surface area contributed by atoms with E-state index in [9.17, 15) is 15.2 Å². The van der Waals surface area contributed by atoms with E-state index in [4.69, 9.17) is 4.42 Å². The van der Waals surface area contributed by atoms with E-state index in [-0.39, 0.29) is 22.6 Å². The maximum atomic E-state index is 13.0. The zero-order chi connectivity index (χ0) is 23.7. The van der Waals surface area contributed by atoms with Gasteiger partial charge in [0.2, 0.25) is 0 Å². The second kappa shape index (κ2) is 9.27. The van der Waals surface area contributed by atoms with Crippen molar-refractivity contribution < 1.29 is 14.4 Å². The molecule has 0 saturated carbocycles. The third-order valence-corrected chi connectivity index (χ3v) is 6.24. The Morgan fingerprint density at radius 3 is 2.45 bits per heavy atom. The molecule has 1 aliphatic rings. The van der Waals surface area contributed by atoms with Crippen LogP contribution in [0.1, 0.15) is 22.5 Å². The SMILES string of the molecule is Cc1ccc(-c2ccc(C(=O)N(C)c3ccc(N4CCC(N(C)C)C4)cc3)o2)c(N([O-])O)c1. The number of hydrogen-bond donors (Lipinski definition) is 1. The number of aryl methyl sites for hydroxylation is 1. The molecule has 1 unspecified atom stereocenters. The molecule has 0 radical (unpaired) electrons. The lowest BCUT2D eigenvalue weighted by molar-refractivity contribution is 0.0967. The Morgan fingerprint density at radius 2 is 1.82 bits per heavy atom. The van der Waals surface area contributed by atoms with Crippen molar-refractivity contribution in [2.45, 2.75) is 19.4 Å². The van der Waals surface area contributed by atoms with Gasteiger partial charge < -0.3 is 29.6 Å². The average molecular weight is 450 g/mol. The highest BCUT2D eigenvalue weighted by atomic mass is 16.8. The van der Waals surface area contributed by atoms with Gasteiger partial charge in [-0.1, -0.05) is 6.07 Å². The summed E-state index contributed by atoms with van der Waals surface area (Å²) < 4.78 is 5.76. The molecule has 1 aromatic heterocycles. The quantitative estimate of drug-likeness (QED) is 0.559. The second-order valence-electron chi connectivity index (χ2n) is 8.69. The molecule has 1 aliphatic heterocycles. The number of carbonyl (C=O) groups is 1. The first-order valence-corrected chi connectivity index (χ1v) is 10.9. The molecule has 1 fully saturated rings. The van der Waals surface area contributed by atoms with Gasteiger partial charge in [0.25, 0.3) is 5.91 Å². The fourth-order valence-electron chi connectivity index (χ4n) is 4.17. The summed E-state index contributed by atoms with van der Waals surface area (Å²) in [5, 5.41) is 20.8. The molecule has 1 saturated heterocycles. The Kier molecular flexibility index (Phi) is 6.42. The van der Waals surface area contributed by atoms with E-state index >= 15 is 0 Å². The van der Waals surface area contributed by atoms with Crippen LogP contribution in [0, 0.1) is 12.1 Å². The van der Waals surface area contributed by atoms with Crippen molar-refractivity contribution in [3.05, 3.63) is 71.1 Å². The number of rotatable bonds is 6. The Morgan fingerprint density at radius 1 is 1.09 bits per heavy atom. The molecular formula is C25H29N4O4-. The van der Waals surface area contributed by atoms with Crippen LogP contribution in [0.25, 0.3) is 11.3 Å². The minimum Gasteiger partial charge on any atom is -0.733 e. The summed E-state index contributed by atoms with van der Waals surface area (Å²) in [6, 6.07) is 16.7. The van der Waals surface area contributed by atoms with Crippen LogP contribution in [-0.4, -0.2) is 56.3 Å². The van der Waals surface area contributed by atoms with Gasteiger partial charge in [-0.3, -0.25) is 10.0 Å². The predicted molar refractivity (Wildman–Crippen MR) is 130 cm³/mol. The number of amides is 1. The molecule has 8 heteroatoms. The number of hydrogen-bond acceptors (Lipinski definition) is 7. The number of likely N-dealkylation sites (N-methyl/N-ethyl adjacent to an activating group) is 1. The fraction of sp³-hybridized carbons (Fsp3) is 0.320. The Bertz CT molecular complexity index is 1120. The standard InChI is InChI=1S/C25H29N4O4/c1-17-5-10-21(22(15-17)29(31)32)23-11-12-24(33-23)25(30)27(4)18-6-8-19(9-7-18)28-14-13-20(16-28)26(2)3/h5-12,15,20,31H,13-14,16H2,1-4H3/q-1. The molecule has 1 amide bonds. The van der Waals surface area contributed by atoms with Gasteiger partial charge in [0, 0.05) is 43.1 Å². The normalized spacial score (nSPS) is 15.8. The lowest BCUT2D eigenvalue weighted by Crippen LogP contribution is -2.31. The third kappa shape index (κ3) is 4.73. The van der Waals surface area contributed by atoms with Crippen LogP contribution in [0.2, 0.25) is 0 Å². The van der Waals surface area contributed by atoms with E-state index in [2.05, 4.69) is 23.9 Å². The highest BCUT2D eigenvalue weighted by molar-refractivity contribution is 6.04. The molecule has 2 aromatic carbocycles. The summed E-state index contributed by atoms with van der Waals surface area (Å²) in [6.07, 6.45) is 1.14. The molecule has 0 aliphatic carbocycles. The van der Waals surface area contributed by atoms with E-state index < -0.39 is 0 Å². The second-order valence-corrected chi connectivity index (χ2v) is 8.69. The van der Waals surface area contributed by atoms with E-state index in [0.29, 0.717) is 17.4 Å². The molecule has 174 valence electrons. The van der Waals surface area contributed by atoms with Crippen LogP contribution < -0.4 is 15.0 Å². The maximum Gasteiger partial charge on any atom is 0.293 e. The van der Waals surface area contributed by atoms with Crippen LogP contribution in [0.5, 0.6) is 0 Å². The van der Waals surface area contributed by atoms with Crippen molar-refractivity contribution in [1.82, 2.24) is 4.90 Å². The first kappa shape index (κ1) is 22.8. The monoisotopic (exact) mass is 449 g/mol. The van der Waals surface area contributed by atoms with Gasteiger partial charge in [0.05, 0.1) is 5.69 Å². The molecule has 0 spiro atoms. The maximum absolute atomic E-state index is 13.0. The van der Waals surface area contributed by atoms with E-state index in [0.717, 1.165) is 36.4 Å². The van der Waals surface area contributed by atoms with Crippen LogP contribution >= 0.6 is 0 Å². The molecule has 1 atom stereocenters. The summed E-state index contributed by atoms with van der Waals surface area (Å²) in [5.41, 5.74) is 3.18. The molecule has 0 bridgehead atoms. The van der Waals surface area contributed by atoms with Crippen LogP contribution in [0.4, 0.5) is 17.1 Å². The van der Waals surface area contributed by atoms with Gasteiger partial charge >= 0.3 is 0 Å². The van der Waals surface area contributed by atoms with Crippen LogP contribution in [-0.2, 0) is 0 Å². The van der Waals surface area contributed by atoms with Gasteiger partial charge in [-0.05, 0) is 81.5 Å². The Balaban J connectivity index is 1.49. The highest BCUT2D eigenvalue weighted by Crippen LogP contribution is 2.33. The lowest BCUT2D eigenvalue weighted by Gasteiger charge is -2.24. The molecule has 8 nitrogen and oxygen atoms in total. The number of carbonyl (C=O) groups excluding carboxylic acids is 1. The fourth-order valence-corrected chi connectivity index (χ4v) is 4.17. The molecule has 3 aromatic rings. The number of benzene rings is 2. The van der Waals surface area contributed by atoms with E-state index in [1.54, 1.807) is 37.4 Å². The first-order valence-electron chi connectivity index (χ1n) is 10.9. The molecular weight excluding hydrogens is 420 g/mol. The number of furan rings is 1. The topological polar surface area (TPSA) is 86.5 Å². The summed E-state index contributed by atoms with van der Waals surface area (Å²) in [6.45, 7) is 3.83. The van der Waals surface area contributed by atoms with Crippen LogP contribution in [0.15, 0.2) is 59.0 Å². The lowest BCUT2D eigenvalue weighted by atomic mass is 10.1. The zero-order valence-electron chi connectivity index (χ0n) is 19.4. The number of anilines is 3. The minimum atomic E-state index is -0.306. The third-order valence-electron chi connectivity index (χ3n) is 6.24. The molecule has 33 heavy (non-hydrogen) atoms. The predicted octanol–water partition coefficient (Wildman–Crippen LogP) is 4.37. The van der Waals surface area contributed by atoms with Crippen molar-refractivity contribution in [2.75, 3.05) is 49.3 Å². The molecule has 4 rings (SSSR count). The Hall–Kier alpha value is -3.33. The van der Waals surface area contributed by atoms with Gasteiger partial charge in [0.15, 0.2) is 5.76 Å². The van der Waals surface area contributed by atoms with Gasteiger partial charge in [-0.15, -0.1) is 0 Å². The van der Waals surface area contributed by atoms with Crippen molar-refractivity contribution in [3.8, 4) is 11.3 Å². The van der Waals surface area contributed by atoms with Gasteiger partial charge in [0.1, 0.15) is 5.76 Å². The van der Waals surface area contributed by atoms with Gasteiger partial charge in [-0.2, -0.15) is 0 Å². The minimum absolute atomic E-state index is 0.0608. The van der Waals surface area contributed by atoms with Crippen molar-refractivity contribution >= 4 is 23.0 Å². The summed E-state index contributed by atoms with van der Waals surface area (Å²) in [5.74, 6) is 0.169. The van der Waals surface area contributed by atoms with E-state index in [1.165, 1.54) is 4.90 Å². The number of nitrogens with zero attached hydrogens (tertiary/aromatic N) is 4. The highest BCUT2D eigenvalue weighted by Gasteiger charge is 2.24. The summed E-state index contributed by atoms with van der Waals surface area (Å²) >= 11 is 0. The van der Waals surface area contributed by atoms with Crippen molar-refractivity contribution in [2.24, 2.45) is 0 Å². The zero-order valence-corrected chi connectivity index (χ0v) is 19.4.